The van der Waals surface area contributed by atoms with Gasteiger partial charge in [-0.1, -0.05) is 0 Å². The van der Waals surface area contributed by atoms with Crippen LogP contribution < -0.4 is 10.2 Å². The van der Waals surface area contributed by atoms with Gasteiger partial charge in [0.15, 0.2) is 0 Å². The highest BCUT2D eigenvalue weighted by molar-refractivity contribution is 5.54. The van der Waals surface area contributed by atoms with E-state index in [1.54, 1.807) is 7.11 Å². The SMILES string of the molecule is CNc1cc(N2CCCC(C)(OC)C2)ccn1. The first-order chi connectivity index (χ1) is 8.17. The summed E-state index contributed by atoms with van der Waals surface area (Å²) in [5.41, 5.74) is 1.19. The molecule has 1 unspecified atom stereocenters. The summed E-state index contributed by atoms with van der Waals surface area (Å²) < 4.78 is 5.61. The maximum Gasteiger partial charge on any atom is 0.127 e. The Labute approximate surface area is 103 Å². The normalized spacial score (nSPS) is 24.8. The predicted octanol–water partition coefficient (Wildman–Crippen LogP) is 2.13. The summed E-state index contributed by atoms with van der Waals surface area (Å²) >= 11 is 0. The predicted molar refractivity (Wildman–Crippen MR) is 70.6 cm³/mol. The molecule has 1 atom stereocenters. The Morgan fingerprint density at radius 3 is 3.06 bits per heavy atom. The van der Waals surface area contributed by atoms with Gasteiger partial charge in [0.05, 0.1) is 5.60 Å². The molecule has 1 aromatic rings. The fourth-order valence-electron chi connectivity index (χ4n) is 2.35. The summed E-state index contributed by atoms with van der Waals surface area (Å²) in [6.45, 7) is 4.21. The highest BCUT2D eigenvalue weighted by Gasteiger charge is 2.30. The van der Waals surface area contributed by atoms with Crippen LogP contribution >= 0.6 is 0 Å². The molecule has 2 rings (SSSR count). The number of methoxy groups -OCH3 is 1. The molecular formula is C13H21N3O. The fourth-order valence-corrected chi connectivity index (χ4v) is 2.35. The first kappa shape index (κ1) is 12.2. The Kier molecular flexibility index (Phi) is 3.52. The number of hydrogen-bond donors (Lipinski definition) is 1. The van der Waals surface area contributed by atoms with Crippen LogP contribution in [-0.2, 0) is 4.74 Å². The maximum absolute atomic E-state index is 5.61. The second-order valence-electron chi connectivity index (χ2n) is 4.83. The van der Waals surface area contributed by atoms with Gasteiger partial charge < -0.3 is 15.0 Å². The summed E-state index contributed by atoms with van der Waals surface area (Å²) in [5, 5.41) is 3.07. The molecule has 2 heterocycles. The number of nitrogens with one attached hydrogen (secondary N) is 1. The first-order valence-corrected chi connectivity index (χ1v) is 6.11. The third-order valence-electron chi connectivity index (χ3n) is 3.52. The van der Waals surface area contributed by atoms with Crippen molar-refractivity contribution in [3.8, 4) is 0 Å². The van der Waals surface area contributed by atoms with Gasteiger partial charge >= 0.3 is 0 Å². The van der Waals surface area contributed by atoms with Gasteiger partial charge in [0, 0.05) is 45.2 Å². The zero-order valence-corrected chi connectivity index (χ0v) is 10.9. The van der Waals surface area contributed by atoms with Crippen LogP contribution in [0, 0.1) is 0 Å². The van der Waals surface area contributed by atoms with Gasteiger partial charge in [-0.2, -0.15) is 0 Å². The molecule has 0 spiro atoms. The van der Waals surface area contributed by atoms with E-state index in [0.717, 1.165) is 25.3 Å². The number of aromatic nitrogens is 1. The molecule has 4 nitrogen and oxygen atoms in total. The molecule has 0 aliphatic carbocycles. The van der Waals surface area contributed by atoms with E-state index in [1.165, 1.54) is 12.1 Å². The monoisotopic (exact) mass is 235 g/mol. The fraction of sp³-hybridized carbons (Fsp3) is 0.615. The van der Waals surface area contributed by atoms with Crippen LogP contribution in [0.3, 0.4) is 0 Å². The summed E-state index contributed by atoms with van der Waals surface area (Å²) in [6, 6.07) is 4.14. The molecule has 1 aliphatic heterocycles. The van der Waals surface area contributed by atoms with Crippen LogP contribution in [0.5, 0.6) is 0 Å². The standard InChI is InChI=1S/C13H21N3O/c1-13(17-3)6-4-8-16(10-13)11-5-7-15-12(9-11)14-2/h5,7,9H,4,6,8,10H2,1-3H3,(H,14,15). The average molecular weight is 235 g/mol. The lowest BCUT2D eigenvalue weighted by Gasteiger charge is -2.40. The molecule has 1 fully saturated rings. The van der Waals surface area contributed by atoms with E-state index < -0.39 is 0 Å². The second kappa shape index (κ2) is 4.92. The van der Waals surface area contributed by atoms with Crippen LogP contribution in [0.4, 0.5) is 11.5 Å². The molecule has 1 saturated heterocycles. The molecule has 4 heteroatoms. The van der Waals surface area contributed by atoms with Crippen LogP contribution in [0.1, 0.15) is 19.8 Å². The molecule has 1 aromatic heterocycles. The number of ether oxygens (including phenoxy) is 1. The first-order valence-electron chi connectivity index (χ1n) is 6.11. The van der Waals surface area contributed by atoms with E-state index >= 15 is 0 Å². The van der Waals surface area contributed by atoms with Gasteiger partial charge in [0.1, 0.15) is 5.82 Å². The van der Waals surface area contributed by atoms with Crippen LogP contribution in [0.2, 0.25) is 0 Å². The Bertz CT molecular complexity index is 383. The topological polar surface area (TPSA) is 37.4 Å². The van der Waals surface area contributed by atoms with E-state index in [2.05, 4.69) is 34.3 Å². The zero-order chi connectivity index (χ0) is 12.3. The maximum atomic E-state index is 5.61. The van der Waals surface area contributed by atoms with Crippen molar-refractivity contribution in [3.63, 3.8) is 0 Å². The number of nitrogens with zero attached hydrogens (tertiary/aromatic N) is 2. The minimum Gasteiger partial charge on any atom is -0.377 e. The lowest BCUT2D eigenvalue weighted by Crippen LogP contribution is -2.47. The highest BCUT2D eigenvalue weighted by atomic mass is 16.5. The largest absolute Gasteiger partial charge is 0.377 e. The molecule has 0 aromatic carbocycles. The minimum atomic E-state index is -0.0265. The van der Waals surface area contributed by atoms with Crippen molar-refractivity contribution < 1.29 is 4.74 Å². The Morgan fingerprint density at radius 1 is 1.53 bits per heavy atom. The number of rotatable bonds is 3. The molecule has 17 heavy (non-hydrogen) atoms. The number of hydrogen-bond acceptors (Lipinski definition) is 4. The average Bonchev–Trinajstić information content (AvgIpc) is 2.39. The Morgan fingerprint density at radius 2 is 2.35 bits per heavy atom. The van der Waals surface area contributed by atoms with Gasteiger partial charge in [-0.3, -0.25) is 0 Å². The van der Waals surface area contributed by atoms with Crippen LogP contribution in [-0.4, -0.2) is 37.8 Å². The van der Waals surface area contributed by atoms with E-state index in [-0.39, 0.29) is 5.60 Å². The van der Waals surface area contributed by atoms with Gasteiger partial charge in [0.25, 0.3) is 0 Å². The smallest absolute Gasteiger partial charge is 0.127 e. The highest BCUT2D eigenvalue weighted by Crippen LogP contribution is 2.28. The van der Waals surface area contributed by atoms with E-state index in [0.29, 0.717) is 0 Å². The van der Waals surface area contributed by atoms with E-state index in [1.807, 2.05) is 13.2 Å². The van der Waals surface area contributed by atoms with E-state index in [9.17, 15) is 0 Å². The lowest BCUT2D eigenvalue weighted by atomic mass is 9.94. The molecule has 1 aliphatic rings. The second-order valence-corrected chi connectivity index (χ2v) is 4.83. The molecule has 0 amide bonds. The summed E-state index contributed by atoms with van der Waals surface area (Å²) in [4.78, 5) is 6.61. The van der Waals surface area contributed by atoms with Crippen molar-refractivity contribution in [2.24, 2.45) is 0 Å². The van der Waals surface area contributed by atoms with E-state index in [4.69, 9.17) is 4.74 Å². The van der Waals surface area contributed by atoms with Crippen LogP contribution in [0.25, 0.3) is 0 Å². The molecular weight excluding hydrogens is 214 g/mol. The van der Waals surface area contributed by atoms with Crippen molar-refractivity contribution in [2.45, 2.75) is 25.4 Å². The minimum absolute atomic E-state index is 0.0265. The zero-order valence-electron chi connectivity index (χ0n) is 10.9. The summed E-state index contributed by atoms with van der Waals surface area (Å²) in [7, 11) is 3.69. The third kappa shape index (κ3) is 2.69. The summed E-state index contributed by atoms with van der Waals surface area (Å²) in [6.07, 6.45) is 4.14. The number of pyridine rings is 1. The van der Waals surface area contributed by atoms with Gasteiger partial charge in [0.2, 0.25) is 0 Å². The van der Waals surface area contributed by atoms with Crippen molar-refractivity contribution in [1.82, 2.24) is 4.98 Å². The Hall–Kier alpha value is -1.29. The van der Waals surface area contributed by atoms with Gasteiger partial charge in [-0.05, 0) is 25.8 Å². The summed E-state index contributed by atoms with van der Waals surface area (Å²) in [5.74, 6) is 0.909. The molecule has 0 radical (unpaired) electrons. The van der Waals surface area contributed by atoms with Crippen molar-refractivity contribution in [2.75, 3.05) is 37.5 Å². The quantitative estimate of drug-likeness (QED) is 0.871. The van der Waals surface area contributed by atoms with Crippen LogP contribution in [0.15, 0.2) is 18.3 Å². The van der Waals surface area contributed by atoms with Crippen molar-refractivity contribution >= 4 is 11.5 Å². The van der Waals surface area contributed by atoms with Gasteiger partial charge in [-0.25, -0.2) is 4.98 Å². The van der Waals surface area contributed by atoms with Crippen molar-refractivity contribution in [3.05, 3.63) is 18.3 Å². The van der Waals surface area contributed by atoms with Gasteiger partial charge in [-0.15, -0.1) is 0 Å². The van der Waals surface area contributed by atoms with Crippen molar-refractivity contribution in [1.29, 1.82) is 0 Å². The lowest BCUT2D eigenvalue weighted by molar-refractivity contribution is -0.00465. The molecule has 94 valence electrons. The molecule has 0 saturated carbocycles. The molecule has 0 bridgehead atoms. The number of anilines is 2. The molecule has 1 N–H and O–H groups in total. The third-order valence-corrected chi connectivity index (χ3v) is 3.52. The number of piperidine rings is 1. The Balaban J connectivity index is 2.16.